The van der Waals surface area contributed by atoms with Crippen LogP contribution in [0.1, 0.15) is 6.42 Å². The highest BCUT2D eigenvalue weighted by molar-refractivity contribution is 7.71. The van der Waals surface area contributed by atoms with Crippen LogP contribution in [0.15, 0.2) is 24.5 Å². The van der Waals surface area contributed by atoms with E-state index in [1.165, 1.54) is 7.11 Å². The summed E-state index contributed by atoms with van der Waals surface area (Å²) >= 11 is 5.14. The third-order valence-corrected chi connectivity index (χ3v) is 2.78. The zero-order valence-corrected chi connectivity index (χ0v) is 10.6. The fraction of sp³-hybridized carbons (Fsp3) is 0.273. The highest BCUT2D eigenvalue weighted by Gasteiger charge is 2.10. The fourth-order valence-corrected chi connectivity index (χ4v) is 1.78. The zero-order valence-electron chi connectivity index (χ0n) is 9.79. The van der Waals surface area contributed by atoms with Gasteiger partial charge in [-0.25, -0.2) is 0 Å². The van der Waals surface area contributed by atoms with Crippen molar-refractivity contribution in [2.24, 2.45) is 0 Å². The van der Waals surface area contributed by atoms with Crippen LogP contribution < -0.4 is 0 Å². The van der Waals surface area contributed by atoms with Gasteiger partial charge in [-0.05, 0) is 24.4 Å². The van der Waals surface area contributed by atoms with Gasteiger partial charge in [0.15, 0.2) is 10.6 Å². The van der Waals surface area contributed by atoms with Crippen LogP contribution in [0.2, 0.25) is 0 Å². The van der Waals surface area contributed by atoms with Gasteiger partial charge in [0.1, 0.15) is 0 Å². The maximum absolute atomic E-state index is 11.2. The van der Waals surface area contributed by atoms with Gasteiger partial charge in [-0.1, -0.05) is 0 Å². The minimum atomic E-state index is -0.279. The van der Waals surface area contributed by atoms with Gasteiger partial charge in [-0.2, -0.15) is 5.10 Å². The number of hydrogen-bond acceptors (Lipinski definition) is 5. The van der Waals surface area contributed by atoms with Crippen LogP contribution >= 0.6 is 12.2 Å². The third-order valence-electron chi connectivity index (χ3n) is 2.46. The molecule has 6 nitrogen and oxygen atoms in total. The number of ether oxygens (including phenoxy) is 1. The second-order valence-corrected chi connectivity index (χ2v) is 3.95. The van der Waals surface area contributed by atoms with Crippen LogP contribution in [0.25, 0.3) is 11.4 Å². The van der Waals surface area contributed by atoms with E-state index in [4.69, 9.17) is 12.2 Å². The average molecular weight is 264 g/mol. The number of rotatable bonds is 4. The number of pyridine rings is 1. The minimum absolute atomic E-state index is 0.252. The zero-order chi connectivity index (χ0) is 13.0. The quantitative estimate of drug-likeness (QED) is 0.670. The monoisotopic (exact) mass is 264 g/mol. The van der Waals surface area contributed by atoms with Crippen molar-refractivity contribution in [2.45, 2.75) is 13.0 Å². The van der Waals surface area contributed by atoms with E-state index >= 15 is 0 Å². The van der Waals surface area contributed by atoms with E-state index in [0.717, 1.165) is 5.56 Å². The maximum atomic E-state index is 11.2. The Morgan fingerprint density at radius 3 is 2.89 bits per heavy atom. The van der Waals surface area contributed by atoms with Gasteiger partial charge in [-0.3, -0.25) is 19.4 Å². The summed E-state index contributed by atoms with van der Waals surface area (Å²) in [5.41, 5.74) is 0.891. The molecule has 0 atom stereocenters. The number of nitrogens with zero attached hydrogens (tertiary/aromatic N) is 3. The molecule has 0 aliphatic heterocycles. The molecule has 0 aliphatic carbocycles. The molecule has 18 heavy (non-hydrogen) atoms. The number of nitrogens with one attached hydrogen (secondary N) is 1. The first-order valence-corrected chi connectivity index (χ1v) is 5.75. The van der Waals surface area contributed by atoms with Crippen molar-refractivity contribution >= 4 is 18.2 Å². The molecule has 0 radical (unpaired) electrons. The fourth-order valence-electron chi connectivity index (χ4n) is 1.55. The Bertz CT molecular complexity index is 591. The van der Waals surface area contributed by atoms with Gasteiger partial charge >= 0.3 is 5.97 Å². The molecule has 0 aliphatic rings. The summed E-state index contributed by atoms with van der Waals surface area (Å²) in [5.74, 6) is 0.407. The highest BCUT2D eigenvalue weighted by Crippen LogP contribution is 2.16. The first-order chi connectivity index (χ1) is 8.72. The van der Waals surface area contributed by atoms with Crippen LogP contribution in [0, 0.1) is 4.77 Å². The summed E-state index contributed by atoms with van der Waals surface area (Å²) in [6.07, 6.45) is 3.61. The number of H-pyrrole nitrogens is 1. The van der Waals surface area contributed by atoms with Crippen molar-refractivity contribution in [2.75, 3.05) is 7.11 Å². The molecule has 0 aromatic carbocycles. The topological polar surface area (TPSA) is 72.8 Å². The molecule has 7 heteroatoms. The second-order valence-electron chi connectivity index (χ2n) is 3.57. The summed E-state index contributed by atoms with van der Waals surface area (Å²) in [6, 6.07) is 3.67. The van der Waals surface area contributed by atoms with Crippen LogP contribution in [0.3, 0.4) is 0 Å². The lowest BCUT2D eigenvalue weighted by molar-refractivity contribution is -0.140. The maximum Gasteiger partial charge on any atom is 0.307 e. The van der Waals surface area contributed by atoms with Crippen molar-refractivity contribution in [1.82, 2.24) is 19.7 Å². The van der Waals surface area contributed by atoms with E-state index in [1.807, 2.05) is 12.1 Å². The van der Waals surface area contributed by atoms with E-state index in [9.17, 15) is 4.79 Å². The van der Waals surface area contributed by atoms with Crippen molar-refractivity contribution in [3.05, 3.63) is 29.3 Å². The summed E-state index contributed by atoms with van der Waals surface area (Å²) in [7, 11) is 1.36. The Labute approximate surface area is 109 Å². The number of carbonyl (C=O) groups excluding carboxylic acids is 1. The number of aromatic amines is 1. The van der Waals surface area contributed by atoms with E-state index in [0.29, 0.717) is 17.1 Å². The molecule has 0 unspecified atom stereocenters. The van der Waals surface area contributed by atoms with Gasteiger partial charge in [0, 0.05) is 24.5 Å². The molecule has 1 N–H and O–H groups in total. The number of aromatic nitrogens is 4. The lowest BCUT2D eigenvalue weighted by Gasteiger charge is -2.05. The molecule has 2 rings (SSSR count). The summed E-state index contributed by atoms with van der Waals surface area (Å²) in [5, 5.41) is 6.88. The van der Waals surface area contributed by atoms with Gasteiger partial charge in [-0.15, -0.1) is 0 Å². The van der Waals surface area contributed by atoms with Crippen LogP contribution in [-0.4, -0.2) is 32.8 Å². The molecule has 0 saturated carbocycles. The normalized spacial score (nSPS) is 10.3. The van der Waals surface area contributed by atoms with Gasteiger partial charge < -0.3 is 4.74 Å². The van der Waals surface area contributed by atoms with Crippen molar-refractivity contribution in [1.29, 1.82) is 0 Å². The smallest absolute Gasteiger partial charge is 0.307 e. The molecule has 0 bridgehead atoms. The van der Waals surface area contributed by atoms with E-state index in [2.05, 4.69) is 19.9 Å². The summed E-state index contributed by atoms with van der Waals surface area (Å²) in [6.45, 7) is 0.430. The number of carbonyl (C=O) groups is 1. The van der Waals surface area contributed by atoms with E-state index in [-0.39, 0.29) is 12.4 Å². The molecular formula is C11H12N4O2S. The largest absolute Gasteiger partial charge is 0.469 e. The molecular weight excluding hydrogens is 252 g/mol. The van der Waals surface area contributed by atoms with Crippen molar-refractivity contribution in [3.63, 3.8) is 0 Å². The molecule has 2 aromatic heterocycles. The molecule has 2 heterocycles. The first-order valence-electron chi connectivity index (χ1n) is 5.35. The Morgan fingerprint density at radius 1 is 1.50 bits per heavy atom. The van der Waals surface area contributed by atoms with Crippen molar-refractivity contribution in [3.8, 4) is 11.4 Å². The number of methoxy groups -OCH3 is 1. The molecule has 94 valence electrons. The summed E-state index contributed by atoms with van der Waals surface area (Å²) < 4.78 is 6.85. The Kier molecular flexibility index (Phi) is 3.83. The molecule has 0 fully saturated rings. The van der Waals surface area contributed by atoms with Gasteiger partial charge in [0.25, 0.3) is 0 Å². The lowest BCUT2D eigenvalue weighted by Crippen LogP contribution is -2.08. The van der Waals surface area contributed by atoms with Crippen LogP contribution in [-0.2, 0) is 16.1 Å². The van der Waals surface area contributed by atoms with Gasteiger partial charge in [0.2, 0.25) is 0 Å². The van der Waals surface area contributed by atoms with Crippen molar-refractivity contribution < 1.29 is 9.53 Å². The summed E-state index contributed by atoms with van der Waals surface area (Å²) in [4.78, 5) is 15.1. The minimum Gasteiger partial charge on any atom is -0.469 e. The van der Waals surface area contributed by atoms with Crippen LogP contribution in [0.5, 0.6) is 0 Å². The standard InChI is InChI=1S/C11H12N4O2S/c1-17-9(16)4-7-15-10(13-14-11(15)18)8-2-5-12-6-3-8/h2-3,5-6H,4,7H2,1H3,(H,14,18). The predicted octanol–water partition coefficient (Wildman–Crippen LogP) is 1.57. The Morgan fingerprint density at radius 2 is 2.22 bits per heavy atom. The van der Waals surface area contributed by atoms with Crippen LogP contribution in [0.4, 0.5) is 0 Å². The Balaban J connectivity index is 2.28. The van der Waals surface area contributed by atoms with E-state index in [1.54, 1.807) is 17.0 Å². The first kappa shape index (κ1) is 12.4. The Hall–Kier alpha value is -2.02. The molecule has 0 spiro atoms. The molecule has 0 saturated heterocycles. The molecule has 0 amide bonds. The number of hydrogen-bond donors (Lipinski definition) is 1. The lowest BCUT2D eigenvalue weighted by atomic mass is 10.2. The second kappa shape index (κ2) is 5.54. The number of esters is 1. The predicted molar refractivity (Wildman–Crippen MR) is 67.3 cm³/mol. The highest BCUT2D eigenvalue weighted by atomic mass is 32.1. The van der Waals surface area contributed by atoms with E-state index < -0.39 is 0 Å². The molecule has 2 aromatic rings. The third kappa shape index (κ3) is 2.62. The average Bonchev–Trinajstić information content (AvgIpc) is 2.78. The van der Waals surface area contributed by atoms with Gasteiger partial charge in [0.05, 0.1) is 13.5 Å². The SMILES string of the molecule is COC(=O)CCn1c(-c2ccncc2)n[nH]c1=S.